The maximum atomic E-state index is 12.9. The number of hydrogen-bond acceptors (Lipinski definition) is 8. The van der Waals surface area contributed by atoms with E-state index >= 15 is 0 Å². The number of anilines is 1. The Labute approximate surface area is 173 Å². The molecule has 0 aromatic heterocycles. The molecule has 0 fully saturated rings. The molecule has 30 heavy (non-hydrogen) atoms. The Bertz CT molecular complexity index is 953. The highest BCUT2D eigenvalue weighted by Gasteiger charge is 2.49. The Morgan fingerprint density at radius 2 is 1.60 bits per heavy atom. The molecule has 0 saturated carbocycles. The van der Waals surface area contributed by atoms with E-state index in [4.69, 9.17) is 9.47 Å². The molecule has 2 unspecified atom stereocenters. The number of hydrogen-bond donors (Lipinski definition) is 1. The van der Waals surface area contributed by atoms with Crippen molar-refractivity contribution in [1.82, 2.24) is 0 Å². The van der Waals surface area contributed by atoms with Gasteiger partial charge in [-0.3, -0.25) is 9.59 Å². The van der Waals surface area contributed by atoms with Crippen LogP contribution >= 0.6 is 0 Å². The second kappa shape index (κ2) is 9.21. The molecule has 2 aromatic rings. The molecule has 1 aliphatic rings. The molecule has 8 nitrogen and oxygen atoms in total. The minimum Gasteiger partial charge on any atom is -0.508 e. The second-order valence-corrected chi connectivity index (χ2v) is 6.51. The van der Waals surface area contributed by atoms with Gasteiger partial charge in [-0.2, -0.15) is 5.10 Å². The first-order chi connectivity index (χ1) is 14.5. The van der Waals surface area contributed by atoms with E-state index in [0.29, 0.717) is 28.8 Å². The van der Waals surface area contributed by atoms with Crippen LogP contribution in [-0.2, 0) is 19.1 Å². The lowest BCUT2D eigenvalue weighted by Crippen LogP contribution is -2.45. The maximum absolute atomic E-state index is 12.9. The SMILES string of the molecule is CCOC(=O)C1C(c2ccc(C=O)cc2)=NN(c2ccc(O)cc2)C1C(=O)OCC. The number of carbonyl (C=O) groups excluding carboxylic acids is 3. The van der Waals surface area contributed by atoms with Gasteiger partial charge in [-0.25, -0.2) is 9.80 Å². The van der Waals surface area contributed by atoms with Crippen LogP contribution in [0.2, 0.25) is 0 Å². The number of aromatic hydroxyl groups is 1. The van der Waals surface area contributed by atoms with Crippen molar-refractivity contribution in [3.63, 3.8) is 0 Å². The highest BCUT2D eigenvalue weighted by atomic mass is 16.5. The highest BCUT2D eigenvalue weighted by Crippen LogP contribution is 2.33. The first kappa shape index (κ1) is 21.0. The monoisotopic (exact) mass is 410 g/mol. The molecule has 3 rings (SSSR count). The van der Waals surface area contributed by atoms with Gasteiger partial charge < -0.3 is 14.6 Å². The third kappa shape index (κ3) is 4.17. The summed E-state index contributed by atoms with van der Waals surface area (Å²) >= 11 is 0. The number of ether oxygens (including phenoxy) is 2. The van der Waals surface area contributed by atoms with E-state index in [0.717, 1.165) is 0 Å². The summed E-state index contributed by atoms with van der Waals surface area (Å²) < 4.78 is 10.5. The highest BCUT2D eigenvalue weighted by molar-refractivity contribution is 6.17. The number of esters is 2. The molecule has 8 heteroatoms. The number of carbonyl (C=O) groups is 3. The summed E-state index contributed by atoms with van der Waals surface area (Å²) in [7, 11) is 0. The Kier molecular flexibility index (Phi) is 6.46. The smallest absolute Gasteiger partial charge is 0.332 e. The molecule has 2 atom stereocenters. The van der Waals surface area contributed by atoms with Crippen LogP contribution in [0.25, 0.3) is 0 Å². The zero-order chi connectivity index (χ0) is 21.7. The Morgan fingerprint density at radius 3 is 2.17 bits per heavy atom. The zero-order valence-electron chi connectivity index (χ0n) is 16.6. The Balaban J connectivity index is 2.12. The van der Waals surface area contributed by atoms with Crippen molar-refractivity contribution in [3.05, 3.63) is 59.7 Å². The van der Waals surface area contributed by atoms with Gasteiger partial charge in [0.25, 0.3) is 0 Å². The molecule has 0 saturated heterocycles. The number of phenols is 1. The van der Waals surface area contributed by atoms with E-state index < -0.39 is 23.9 Å². The molecule has 0 spiro atoms. The molecule has 156 valence electrons. The normalized spacial score (nSPS) is 17.9. The molecule has 0 aliphatic carbocycles. The van der Waals surface area contributed by atoms with E-state index in [1.165, 1.54) is 17.1 Å². The third-order valence-electron chi connectivity index (χ3n) is 4.61. The number of phenolic OH excluding ortho intramolecular Hbond substituents is 1. The van der Waals surface area contributed by atoms with E-state index in [-0.39, 0.29) is 19.0 Å². The molecule has 0 bridgehead atoms. The summed E-state index contributed by atoms with van der Waals surface area (Å²) in [4.78, 5) is 36.7. The predicted molar refractivity (Wildman–Crippen MR) is 109 cm³/mol. The minimum atomic E-state index is -1.07. The van der Waals surface area contributed by atoms with Crippen molar-refractivity contribution in [2.45, 2.75) is 19.9 Å². The first-order valence-corrected chi connectivity index (χ1v) is 9.55. The van der Waals surface area contributed by atoms with E-state index in [1.807, 2.05) is 0 Å². The van der Waals surface area contributed by atoms with Gasteiger partial charge in [-0.15, -0.1) is 0 Å². The molecular formula is C22H22N2O6. The molecular weight excluding hydrogens is 388 g/mol. The van der Waals surface area contributed by atoms with Gasteiger partial charge in [0.15, 0.2) is 6.04 Å². The minimum absolute atomic E-state index is 0.0567. The van der Waals surface area contributed by atoms with Gasteiger partial charge in [0.2, 0.25) is 0 Å². The molecule has 2 aromatic carbocycles. The van der Waals surface area contributed by atoms with Crippen molar-refractivity contribution in [2.75, 3.05) is 18.2 Å². The van der Waals surface area contributed by atoms with E-state index in [1.54, 1.807) is 50.2 Å². The van der Waals surface area contributed by atoms with Crippen LogP contribution < -0.4 is 5.01 Å². The molecule has 1 heterocycles. The van der Waals surface area contributed by atoms with Gasteiger partial charge in [0.05, 0.1) is 24.6 Å². The van der Waals surface area contributed by atoms with Crippen molar-refractivity contribution in [3.8, 4) is 5.75 Å². The van der Waals surface area contributed by atoms with Crippen LogP contribution in [0.1, 0.15) is 29.8 Å². The van der Waals surface area contributed by atoms with Crippen LogP contribution in [0, 0.1) is 5.92 Å². The van der Waals surface area contributed by atoms with E-state index in [2.05, 4.69) is 5.10 Å². The van der Waals surface area contributed by atoms with Crippen LogP contribution in [-0.4, -0.2) is 48.3 Å². The number of rotatable bonds is 7. The number of hydrazone groups is 1. The molecule has 0 radical (unpaired) electrons. The van der Waals surface area contributed by atoms with Crippen molar-refractivity contribution in [2.24, 2.45) is 11.0 Å². The Hall–Kier alpha value is -3.68. The maximum Gasteiger partial charge on any atom is 0.332 e. The lowest BCUT2D eigenvalue weighted by Gasteiger charge is -2.25. The summed E-state index contributed by atoms with van der Waals surface area (Å²) in [5.41, 5.74) is 1.88. The lowest BCUT2D eigenvalue weighted by molar-refractivity contribution is -0.153. The average molecular weight is 410 g/mol. The summed E-state index contributed by atoms with van der Waals surface area (Å²) in [5, 5.41) is 15.6. The van der Waals surface area contributed by atoms with Gasteiger partial charge >= 0.3 is 11.9 Å². The summed E-state index contributed by atoms with van der Waals surface area (Å²) in [6.45, 7) is 3.63. The average Bonchev–Trinajstić information content (AvgIpc) is 3.15. The quantitative estimate of drug-likeness (QED) is 0.552. The zero-order valence-corrected chi connectivity index (χ0v) is 16.6. The summed E-state index contributed by atoms with van der Waals surface area (Å²) in [6, 6.07) is 11.6. The summed E-state index contributed by atoms with van der Waals surface area (Å²) in [6.07, 6.45) is 0.716. The van der Waals surface area contributed by atoms with Crippen molar-refractivity contribution < 1.29 is 29.0 Å². The fourth-order valence-corrected chi connectivity index (χ4v) is 3.26. The largest absolute Gasteiger partial charge is 0.508 e. The van der Waals surface area contributed by atoms with Gasteiger partial charge in [-0.1, -0.05) is 24.3 Å². The second-order valence-electron chi connectivity index (χ2n) is 6.51. The van der Waals surface area contributed by atoms with Crippen LogP contribution in [0.5, 0.6) is 5.75 Å². The predicted octanol–water partition coefficient (Wildman–Crippen LogP) is 2.54. The molecule has 1 N–H and O–H groups in total. The first-order valence-electron chi connectivity index (χ1n) is 9.55. The van der Waals surface area contributed by atoms with Gasteiger partial charge in [0.1, 0.15) is 18.0 Å². The third-order valence-corrected chi connectivity index (χ3v) is 4.61. The fraction of sp³-hybridized carbons (Fsp3) is 0.273. The number of aldehydes is 1. The Morgan fingerprint density at radius 1 is 1.00 bits per heavy atom. The van der Waals surface area contributed by atoms with Crippen LogP contribution in [0.3, 0.4) is 0 Å². The van der Waals surface area contributed by atoms with E-state index in [9.17, 15) is 19.5 Å². The molecule has 0 amide bonds. The standard InChI is InChI=1S/C22H22N2O6/c1-3-29-21(27)18-19(15-7-5-14(13-25)6-8-15)23-24(20(18)22(28)30-4-2)16-9-11-17(26)12-10-16/h5-13,18,20,26H,3-4H2,1-2H3. The number of benzene rings is 2. The van der Waals surface area contributed by atoms with Gasteiger partial charge in [-0.05, 0) is 43.7 Å². The van der Waals surface area contributed by atoms with Crippen molar-refractivity contribution in [1.29, 1.82) is 0 Å². The van der Waals surface area contributed by atoms with Crippen LogP contribution in [0.15, 0.2) is 53.6 Å². The van der Waals surface area contributed by atoms with Crippen LogP contribution in [0.4, 0.5) is 5.69 Å². The topological polar surface area (TPSA) is 106 Å². The fourth-order valence-electron chi connectivity index (χ4n) is 3.26. The van der Waals surface area contributed by atoms with Crippen molar-refractivity contribution >= 4 is 29.6 Å². The summed E-state index contributed by atoms with van der Waals surface area (Å²) in [5.74, 6) is -2.19. The molecule has 1 aliphatic heterocycles. The lowest BCUT2D eigenvalue weighted by atomic mass is 9.90. The number of nitrogens with zero attached hydrogens (tertiary/aromatic N) is 2. The van der Waals surface area contributed by atoms with Gasteiger partial charge in [0, 0.05) is 5.56 Å².